The molecule has 3 saturated carbocycles. The summed E-state index contributed by atoms with van der Waals surface area (Å²) in [6.45, 7) is 2.49. The highest BCUT2D eigenvalue weighted by atomic mass is 35.5. The van der Waals surface area contributed by atoms with Gasteiger partial charge in [0, 0.05) is 54.7 Å². The predicted molar refractivity (Wildman–Crippen MR) is 171 cm³/mol. The molecule has 0 spiro atoms. The summed E-state index contributed by atoms with van der Waals surface area (Å²) in [7, 11) is 1.67. The number of carbonyl (C=O) groups excluding carboxylic acids is 3. The zero-order valence-electron chi connectivity index (χ0n) is 24.8. The Morgan fingerprint density at radius 1 is 0.841 bits per heavy atom. The molecule has 44 heavy (non-hydrogen) atoms. The molecule has 2 amide bonds. The molecule has 3 fully saturated rings. The van der Waals surface area contributed by atoms with Crippen molar-refractivity contribution < 1.29 is 23.9 Å². The van der Waals surface area contributed by atoms with Crippen LogP contribution in [-0.4, -0.2) is 43.9 Å². The molecule has 2 bridgehead atoms. The van der Waals surface area contributed by atoms with Gasteiger partial charge in [-0.2, -0.15) is 0 Å². The van der Waals surface area contributed by atoms with E-state index >= 15 is 0 Å². The minimum atomic E-state index is -0.578. The van der Waals surface area contributed by atoms with Crippen LogP contribution in [0.1, 0.15) is 49.7 Å². The number of methoxy groups -OCH3 is 1. The van der Waals surface area contributed by atoms with Crippen molar-refractivity contribution in [3.05, 3.63) is 71.8 Å². The lowest BCUT2D eigenvalue weighted by Gasteiger charge is -2.47. The Labute approximate surface area is 260 Å². The number of hydrogen-bond acceptors (Lipinski definition) is 5. The minimum absolute atomic E-state index is 0.0398. The Bertz CT molecular complexity index is 1910. The Morgan fingerprint density at radius 2 is 1.43 bits per heavy atom. The SMILES string of the molecule is COc1cc2c(c3ccccc13)CCN2C(=O)C12CCC(C(=O)N3CC(CCl)c4c3cc(OC(C)=O)c3ccccc43)(C1)C2. The molecular formula is C36H33ClN2O5. The molecule has 7 nitrogen and oxygen atoms in total. The summed E-state index contributed by atoms with van der Waals surface area (Å²) >= 11 is 6.49. The van der Waals surface area contributed by atoms with Crippen molar-refractivity contribution in [3.8, 4) is 11.5 Å². The highest BCUT2D eigenvalue weighted by molar-refractivity contribution is 6.19. The number of rotatable bonds is 5. The Balaban J connectivity index is 1.10. The number of nitrogens with zero attached hydrogens (tertiary/aromatic N) is 2. The second-order valence-corrected chi connectivity index (χ2v) is 13.3. The molecular weight excluding hydrogens is 576 g/mol. The van der Waals surface area contributed by atoms with Crippen molar-refractivity contribution in [2.75, 3.05) is 35.9 Å². The quantitative estimate of drug-likeness (QED) is 0.142. The number of esters is 1. The molecule has 0 saturated heterocycles. The van der Waals surface area contributed by atoms with Gasteiger partial charge in [-0.15, -0.1) is 11.6 Å². The van der Waals surface area contributed by atoms with Gasteiger partial charge in [0.25, 0.3) is 0 Å². The van der Waals surface area contributed by atoms with Gasteiger partial charge in [0.15, 0.2) is 0 Å². The summed E-state index contributed by atoms with van der Waals surface area (Å²) in [5, 5.41) is 3.95. The van der Waals surface area contributed by atoms with Crippen LogP contribution >= 0.6 is 11.6 Å². The third-order valence-electron chi connectivity index (χ3n) is 10.6. The van der Waals surface area contributed by atoms with Crippen molar-refractivity contribution in [1.82, 2.24) is 0 Å². The van der Waals surface area contributed by atoms with Gasteiger partial charge in [-0.1, -0.05) is 48.5 Å². The lowest BCUT2D eigenvalue weighted by Crippen LogP contribution is -2.55. The third kappa shape index (κ3) is 3.71. The van der Waals surface area contributed by atoms with Crippen LogP contribution in [0.2, 0.25) is 0 Å². The fraction of sp³-hybridized carbons (Fsp3) is 0.361. The molecule has 2 heterocycles. The second kappa shape index (κ2) is 9.70. The molecule has 1 unspecified atom stereocenters. The molecule has 5 aliphatic rings. The van der Waals surface area contributed by atoms with E-state index in [4.69, 9.17) is 21.1 Å². The van der Waals surface area contributed by atoms with Crippen LogP contribution in [0.3, 0.4) is 0 Å². The summed E-state index contributed by atoms with van der Waals surface area (Å²) < 4.78 is 11.3. The molecule has 4 aromatic rings. The monoisotopic (exact) mass is 608 g/mol. The first-order valence-corrected chi connectivity index (χ1v) is 15.9. The van der Waals surface area contributed by atoms with Crippen molar-refractivity contribution in [2.45, 2.75) is 44.9 Å². The number of halogens is 1. The van der Waals surface area contributed by atoms with Crippen LogP contribution < -0.4 is 19.3 Å². The molecule has 9 rings (SSSR count). The summed E-state index contributed by atoms with van der Waals surface area (Å²) in [4.78, 5) is 44.5. The summed E-state index contributed by atoms with van der Waals surface area (Å²) in [5.74, 6) is 1.30. The van der Waals surface area contributed by atoms with Gasteiger partial charge >= 0.3 is 5.97 Å². The van der Waals surface area contributed by atoms with Gasteiger partial charge in [0.1, 0.15) is 11.5 Å². The highest BCUT2D eigenvalue weighted by Gasteiger charge is 2.69. The maximum atomic E-state index is 14.4. The Kier molecular flexibility index (Phi) is 6.05. The van der Waals surface area contributed by atoms with Gasteiger partial charge < -0.3 is 19.3 Å². The molecule has 2 aliphatic heterocycles. The zero-order chi connectivity index (χ0) is 30.4. The third-order valence-corrected chi connectivity index (χ3v) is 11.0. The standard InChI is InChI=1S/C36H33ClN2O5/c1-21(40)44-31-16-29-32(27-10-6-5-9-26(27)31)22(17-37)18-39(29)34(42)36-13-12-35(19-36,20-36)33(41)38-14-11-24-23-7-3-4-8-25(23)30(43-2)15-28(24)38/h3-10,15-16,22H,11-14,17-20H2,1-2H3. The first-order chi connectivity index (χ1) is 21.3. The largest absolute Gasteiger partial charge is 0.496 e. The molecule has 1 atom stereocenters. The summed E-state index contributed by atoms with van der Waals surface area (Å²) in [6, 6.07) is 19.8. The maximum absolute atomic E-state index is 14.4. The topological polar surface area (TPSA) is 76.2 Å². The van der Waals surface area contributed by atoms with E-state index in [1.165, 1.54) is 12.5 Å². The number of hydrogen-bond donors (Lipinski definition) is 0. The average Bonchev–Trinajstić information content (AvgIpc) is 3.80. The van der Waals surface area contributed by atoms with Crippen molar-refractivity contribution in [1.29, 1.82) is 0 Å². The van der Waals surface area contributed by atoms with E-state index < -0.39 is 16.8 Å². The number of alkyl halides is 1. The fourth-order valence-corrected chi connectivity index (χ4v) is 9.00. The van der Waals surface area contributed by atoms with Crippen LogP contribution in [0.4, 0.5) is 11.4 Å². The number of ether oxygens (including phenoxy) is 2. The van der Waals surface area contributed by atoms with Gasteiger partial charge in [0.05, 0.1) is 29.3 Å². The van der Waals surface area contributed by atoms with E-state index in [1.54, 1.807) is 7.11 Å². The zero-order valence-corrected chi connectivity index (χ0v) is 25.6. The lowest BCUT2D eigenvalue weighted by atomic mass is 9.59. The Morgan fingerprint density at radius 3 is 2.07 bits per heavy atom. The van der Waals surface area contributed by atoms with E-state index in [0.717, 1.165) is 50.7 Å². The number of amides is 2. The first-order valence-electron chi connectivity index (χ1n) is 15.3. The van der Waals surface area contributed by atoms with Crippen LogP contribution in [-0.2, 0) is 20.8 Å². The van der Waals surface area contributed by atoms with E-state index in [2.05, 4.69) is 12.1 Å². The van der Waals surface area contributed by atoms with E-state index in [-0.39, 0.29) is 17.7 Å². The number of benzene rings is 4. The lowest BCUT2D eigenvalue weighted by molar-refractivity contribution is -0.144. The molecule has 224 valence electrons. The van der Waals surface area contributed by atoms with Crippen molar-refractivity contribution in [2.24, 2.45) is 10.8 Å². The van der Waals surface area contributed by atoms with Crippen LogP contribution in [0.5, 0.6) is 11.5 Å². The molecule has 4 aromatic carbocycles. The second-order valence-electron chi connectivity index (χ2n) is 13.0. The van der Waals surface area contributed by atoms with E-state index in [1.807, 2.05) is 58.3 Å². The van der Waals surface area contributed by atoms with Crippen LogP contribution in [0.15, 0.2) is 60.7 Å². The predicted octanol–water partition coefficient (Wildman–Crippen LogP) is 6.75. The minimum Gasteiger partial charge on any atom is -0.496 e. The molecule has 0 aromatic heterocycles. The number of carbonyl (C=O) groups is 3. The van der Waals surface area contributed by atoms with Crippen LogP contribution in [0.25, 0.3) is 21.5 Å². The van der Waals surface area contributed by atoms with Crippen molar-refractivity contribution >= 4 is 62.3 Å². The molecule has 3 aliphatic carbocycles. The van der Waals surface area contributed by atoms with Gasteiger partial charge in [-0.05, 0) is 54.0 Å². The normalized spacial score (nSPS) is 24.8. The fourth-order valence-electron chi connectivity index (χ4n) is 8.75. The molecule has 0 N–H and O–H groups in total. The summed E-state index contributed by atoms with van der Waals surface area (Å²) in [6.07, 6.45) is 3.28. The van der Waals surface area contributed by atoms with E-state index in [9.17, 15) is 14.4 Å². The average molecular weight is 609 g/mol. The maximum Gasteiger partial charge on any atom is 0.308 e. The molecule has 8 heteroatoms. The number of fused-ring (bicyclic) bond motifs is 7. The Hall–Kier alpha value is -4.10. The number of anilines is 2. The molecule has 0 radical (unpaired) electrons. The van der Waals surface area contributed by atoms with Crippen molar-refractivity contribution in [3.63, 3.8) is 0 Å². The van der Waals surface area contributed by atoms with Gasteiger partial charge in [-0.25, -0.2) is 0 Å². The van der Waals surface area contributed by atoms with Crippen LogP contribution in [0, 0.1) is 10.8 Å². The van der Waals surface area contributed by atoms with Gasteiger partial charge in [0.2, 0.25) is 11.8 Å². The highest BCUT2D eigenvalue weighted by Crippen LogP contribution is 2.69. The summed E-state index contributed by atoms with van der Waals surface area (Å²) in [5.41, 5.74) is 2.78. The van der Waals surface area contributed by atoms with E-state index in [0.29, 0.717) is 50.4 Å². The van der Waals surface area contributed by atoms with Gasteiger partial charge in [-0.3, -0.25) is 14.4 Å². The first kappa shape index (κ1) is 27.4. The smallest absolute Gasteiger partial charge is 0.308 e.